The Morgan fingerprint density at radius 1 is 1.40 bits per heavy atom. The molecule has 5 heteroatoms. The van der Waals surface area contributed by atoms with Gasteiger partial charge in [-0.05, 0) is 24.3 Å². The van der Waals surface area contributed by atoms with Crippen molar-refractivity contribution in [2.45, 2.75) is 18.1 Å². The average Bonchev–Trinajstić information content (AvgIpc) is 2.79. The van der Waals surface area contributed by atoms with Crippen LogP contribution in [0.5, 0.6) is 0 Å². The van der Waals surface area contributed by atoms with E-state index in [1.807, 2.05) is 30.3 Å². The lowest BCUT2D eigenvalue weighted by Crippen LogP contribution is -2.25. The molecule has 1 aromatic rings. The molecule has 0 radical (unpaired) electrons. The van der Waals surface area contributed by atoms with Gasteiger partial charge in [-0.15, -0.1) is 0 Å². The molecule has 1 aromatic carbocycles. The van der Waals surface area contributed by atoms with Gasteiger partial charge in [0, 0.05) is 0 Å². The minimum atomic E-state index is -4.15. The average molecular weight is 227 g/mol. The summed E-state index contributed by atoms with van der Waals surface area (Å²) in [6, 6.07) is 9.62. The lowest BCUT2D eigenvalue weighted by Gasteiger charge is -2.13. The van der Waals surface area contributed by atoms with Crippen LogP contribution in [0.1, 0.15) is 12.0 Å². The van der Waals surface area contributed by atoms with Gasteiger partial charge in [0.1, 0.15) is 5.28 Å². The Bertz CT molecular complexity index is 402. The van der Waals surface area contributed by atoms with Crippen LogP contribution < -0.4 is 5.73 Å². The van der Waals surface area contributed by atoms with E-state index in [4.69, 9.17) is 15.5 Å². The van der Waals surface area contributed by atoms with Gasteiger partial charge in [0.05, 0.1) is 0 Å². The number of nitrogens with two attached hydrogens (primary N) is 1. The molecule has 1 saturated carbocycles. The summed E-state index contributed by atoms with van der Waals surface area (Å²) in [6.07, 6.45) is 1.05. The zero-order valence-corrected chi connectivity index (χ0v) is 9.10. The molecule has 1 aliphatic carbocycles. The van der Waals surface area contributed by atoms with Crippen molar-refractivity contribution in [2.75, 3.05) is 0 Å². The smallest absolute Gasteiger partial charge is 0.323 e. The largest absolute Gasteiger partial charge is 0.345 e. The lowest BCUT2D eigenvalue weighted by atomic mass is 10.1. The Morgan fingerprint density at radius 3 is 2.47 bits per heavy atom. The molecule has 15 heavy (non-hydrogen) atoms. The molecular weight excluding hydrogens is 213 g/mol. The number of hydrogen-bond acceptors (Lipinski definition) is 2. The van der Waals surface area contributed by atoms with Crippen LogP contribution in [0, 0.1) is 5.92 Å². The zero-order valence-electron chi connectivity index (χ0n) is 8.21. The SMILES string of the molecule is N[C@@]1(P(=O)(O)O)C[C@H]1Cc1ccccc1. The first kappa shape index (κ1) is 10.8. The van der Waals surface area contributed by atoms with Crippen molar-refractivity contribution in [2.24, 2.45) is 11.7 Å². The van der Waals surface area contributed by atoms with Gasteiger partial charge >= 0.3 is 7.60 Å². The third-order valence-corrected chi connectivity index (χ3v) is 4.62. The molecule has 4 N–H and O–H groups in total. The maximum atomic E-state index is 11.1. The van der Waals surface area contributed by atoms with Crippen LogP contribution in [0.25, 0.3) is 0 Å². The lowest BCUT2D eigenvalue weighted by molar-refractivity contribution is 0.350. The zero-order chi connectivity index (χ0) is 11.1. The van der Waals surface area contributed by atoms with Crippen LogP contribution in [0.3, 0.4) is 0 Å². The third-order valence-electron chi connectivity index (χ3n) is 2.99. The van der Waals surface area contributed by atoms with Crippen LogP contribution in [-0.2, 0) is 11.0 Å². The monoisotopic (exact) mass is 227 g/mol. The minimum Gasteiger partial charge on any atom is -0.323 e. The highest BCUT2D eigenvalue weighted by Crippen LogP contribution is 2.65. The molecule has 0 aliphatic heterocycles. The van der Waals surface area contributed by atoms with E-state index in [1.54, 1.807) is 0 Å². The highest BCUT2D eigenvalue weighted by molar-refractivity contribution is 7.54. The quantitative estimate of drug-likeness (QED) is 0.675. The molecule has 4 nitrogen and oxygen atoms in total. The summed E-state index contributed by atoms with van der Waals surface area (Å²) in [7, 11) is -4.15. The normalized spacial score (nSPS) is 30.2. The molecule has 0 heterocycles. The fourth-order valence-electron chi connectivity index (χ4n) is 1.84. The van der Waals surface area contributed by atoms with E-state index in [2.05, 4.69) is 0 Å². The summed E-state index contributed by atoms with van der Waals surface area (Å²) in [5.41, 5.74) is 6.73. The summed E-state index contributed by atoms with van der Waals surface area (Å²) in [6.45, 7) is 0. The van der Waals surface area contributed by atoms with E-state index < -0.39 is 12.9 Å². The van der Waals surface area contributed by atoms with Gasteiger partial charge in [0.15, 0.2) is 0 Å². The molecule has 82 valence electrons. The van der Waals surface area contributed by atoms with Gasteiger partial charge in [-0.3, -0.25) is 4.57 Å². The van der Waals surface area contributed by atoms with E-state index >= 15 is 0 Å². The van der Waals surface area contributed by atoms with Crippen molar-refractivity contribution in [3.05, 3.63) is 35.9 Å². The molecule has 0 bridgehead atoms. The second kappa shape index (κ2) is 3.42. The second-order valence-corrected chi connectivity index (χ2v) is 6.05. The highest BCUT2D eigenvalue weighted by Gasteiger charge is 2.62. The van der Waals surface area contributed by atoms with E-state index in [9.17, 15) is 4.57 Å². The van der Waals surface area contributed by atoms with Crippen molar-refractivity contribution < 1.29 is 14.4 Å². The standard InChI is InChI=1S/C10H14NO3P/c11-10(15(12,13)14)7-9(10)6-8-4-2-1-3-5-8/h1-5,9H,6-7,11H2,(H2,12,13,14)/t9-,10-/m1/s1. The summed E-state index contributed by atoms with van der Waals surface area (Å²) >= 11 is 0. The first-order valence-corrected chi connectivity index (χ1v) is 6.43. The van der Waals surface area contributed by atoms with Crippen molar-refractivity contribution in [1.29, 1.82) is 0 Å². The molecule has 2 atom stereocenters. The van der Waals surface area contributed by atoms with E-state index in [-0.39, 0.29) is 5.92 Å². The van der Waals surface area contributed by atoms with E-state index in [0.29, 0.717) is 12.8 Å². The van der Waals surface area contributed by atoms with Crippen molar-refractivity contribution in [1.82, 2.24) is 0 Å². The summed E-state index contributed by atoms with van der Waals surface area (Å²) < 4.78 is 11.1. The number of benzene rings is 1. The van der Waals surface area contributed by atoms with Crippen molar-refractivity contribution in [3.63, 3.8) is 0 Å². The van der Waals surface area contributed by atoms with Crippen molar-refractivity contribution in [3.8, 4) is 0 Å². The van der Waals surface area contributed by atoms with Gasteiger partial charge in [0.25, 0.3) is 0 Å². The second-order valence-electron chi connectivity index (χ2n) is 4.13. The molecule has 2 rings (SSSR count). The van der Waals surface area contributed by atoms with Crippen molar-refractivity contribution >= 4 is 7.60 Å². The minimum absolute atomic E-state index is 0.0965. The molecule has 0 saturated heterocycles. The van der Waals surface area contributed by atoms with Crippen LogP contribution in [0.2, 0.25) is 0 Å². The van der Waals surface area contributed by atoms with Gasteiger partial charge in [-0.1, -0.05) is 30.3 Å². The number of rotatable bonds is 3. The maximum absolute atomic E-state index is 11.1. The number of hydrogen-bond donors (Lipinski definition) is 3. The Balaban J connectivity index is 2.05. The maximum Gasteiger partial charge on any atom is 0.345 e. The predicted molar refractivity (Wildman–Crippen MR) is 57.2 cm³/mol. The first-order chi connectivity index (χ1) is 6.93. The van der Waals surface area contributed by atoms with Gasteiger partial charge in [-0.25, -0.2) is 0 Å². The van der Waals surface area contributed by atoms with E-state index in [0.717, 1.165) is 5.56 Å². The Labute approximate surface area is 88.3 Å². The molecule has 0 unspecified atom stereocenters. The van der Waals surface area contributed by atoms with Crippen LogP contribution in [0.4, 0.5) is 0 Å². The Hall–Kier alpha value is -0.670. The highest BCUT2D eigenvalue weighted by atomic mass is 31.2. The van der Waals surface area contributed by atoms with Gasteiger partial charge in [-0.2, -0.15) is 0 Å². The molecule has 1 fully saturated rings. The molecule has 0 spiro atoms. The molecule has 0 aromatic heterocycles. The van der Waals surface area contributed by atoms with Crippen LogP contribution in [-0.4, -0.2) is 15.1 Å². The van der Waals surface area contributed by atoms with Gasteiger partial charge in [0.2, 0.25) is 0 Å². The van der Waals surface area contributed by atoms with E-state index in [1.165, 1.54) is 0 Å². The summed E-state index contributed by atoms with van der Waals surface area (Å²) in [4.78, 5) is 18.1. The molecule has 1 aliphatic rings. The fraction of sp³-hybridized carbons (Fsp3) is 0.400. The Kier molecular flexibility index (Phi) is 2.47. The van der Waals surface area contributed by atoms with Gasteiger partial charge < -0.3 is 15.5 Å². The fourth-order valence-corrected chi connectivity index (χ4v) is 2.87. The van der Waals surface area contributed by atoms with Crippen LogP contribution in [0.15, 0.2) is 30.3 Å². The molecular formula is C10H14NO3P. The predicted octanol–water partition coefficient (Wildman–Crippen LogP) is 1.08. The summed E-state index contributed by atoms with van der Waals surface area (Å²) in [5, 5.41) is -1.27. The summed E-state index contributed by atoms with van der Waals surface area (Å²) in [5.74, 6) is -0.0965. The third kappa shape index (κ3) is 1.99. The van der Waals surface area contributed by atoms with Crippen LogP contribution >= 0.6 is 7.60 Å². The topological polar surface area (TPSA) is 83.6 Å². The molecule has 0 amide bonds. The Morgan fingerprint density at radius 2 is 2.00 bits per heavy atom. The first-order valence-electron chi connectivity index (χ1n) is 4.82.